The molecule has 0 amide bonds. The lowest BCUT2D eigenvalue weighted by Crippen LogP contribution is -2.28. The molecule has 0 aromatic heterocycles. The quantitative estimate of drug-likeness (QED) is 0.740. The molecule has 1 saturated heterocycles. The zero-order chi connectivity index (χ0) is 14.2. The Balaban J connectivity index is 1.99. The normalized spacial score (nSPS) is 22.3. The molecule has 1 aromatic carbocycles. The van der Waals surface area contributed by atoms with E-state index < -0.39 is 0 Å². The first-order valence-corrected chi connectivity index (χ1v) is 7.24. The predicted molar refractivity (Wildman–Crippen MR) is 78.7 cm³/mol. The third-order valence-electron chi connectivity index (χ3n) is 3.77. The summed E-state index contributed by atoms with van der Waals surface area (Å²) in [6.07, 6.45) is 1.28. The van der Waals surface area contributed by atoms with Crippen LogP contribution in [-0.4, -0.2) is 40.5 Å². The lowest BCUT2D eigenvalue weighted by Gasteiger charge is -2.22. The fourth-order valence-corrected chi connectivity index (χ4v) is 2.75. The van der Waals surface area contributed by atoms with Crippen molar-refractivity contribution in [3.63, 3.8) is 0 Å². The number of hydrogen-bond acceptors (Lipinski definition) is 4. The van der Waals surface area contributed by atoms with Crippen LogP contribution in [0.15, 0.2) is 24.3 Å². The maximum Gasteiger partial charge on any atom is 0.0869 e. The van der Waals surface area contributed by atoms with Gasteiger partial charge in [0.1, 0.15) is 0 Å². The summed E-state index contributed by atoms with van der Waals surface area (Å²) < 4.78 is 16.3. The summed E-state index contributed by atoms with van der Waals surface area (Å²) in [6, 6.07) is 8.41. The Morgan fingerprint density at radius 1 is 1.25 bits per heavy atom. The second-order valence-corrected chi connectivity index (χ2v) is 5.17. The molecular weight excluding hydrogens is 254 g/mol. The van der Waals surface area contributed by atoms with Gasteiger partial charge >= 0.3 is 0 Å². The number of methoxy groups -OCH3 is 2. The maximum absolute atomic E-state index is 5.97. The Morgan fingerprint density at radius 2 is 2.10 bits per heavy atom. The molecule has 4 nitrogen and oxygen atoms in total. The zero-order valence-corrected chi connectivity index (χ0v) is 12.4. The second kappa shape index (κ2) is 8.37. The van der Waals surface area contributed by atoms with Gasteiger partial charge in [0.2, 0.25) is 0 Å². The van der Waals surface area contributed by atoms with E-state index in [1.807, 2.05) is 0 Å². The summed E-state index contributed by atoms with van der Waals surface area (Å²) in [6.45, 7) is 4.08. The van der Waals surface area contributed by atoms with E-state index in [-0.39, 0.29) is 6.10 Å². The molecule has 1 fully saturated rings. The van der Waals surface area contributed by atoms with Crippen LogP contribution in [0.5, 0.6) is 0 Å². The van der Waals surface area contributed by atoms with Crippen molar-refractivity contribution in [1.82, 2.24) is 5.32 Å². The molecule has 0 bridgehead atoms. The lowest BCUT2D eigenvalue weighted by molar-refractivity contribution is 0.0867. The third kappa shape index (κ3) is 4.03. The minimum Gasteiger partial charge on any atom is -0.383 e. The van der Waals surface area contributed by atoms with E-state index in [2.05, 4.69) is 29.6 Å². The Hall–Kier alpha value is -0.940. The minimum atomic E-state index is 0.177. The molecule has 20 heavy (non-hydrogen) atoms. The molecule has 2 rings (SSSR count). The van der Waals surface area contributed by atoms with Crippen LogP contribution in [0.25, 0.3) is 0 Å². The number of ether oxygens (including phenoxy) is 3. The standard InChI is InChI=1S/C16H25NO3/c1-18-10-8-17-11-13-7-9-20-16(13)15-6-4-3-5-14(15)12-19-2/h3-6,13,16-17H,7-12H2,1-2H3. The monoisotopic (exact) mass is 279 g/mol. The summed E-state index contributed by atoms with van der Waals surface area (Å²) in [7, 11) is 3.46. The van der Waals surface area contributed by atoms with E-state index in [9.17, 15) is 0 Å². The van der Waals surface area contributed by atoms with Gasteiger partial charge in [-0.1, -0.05) is 24.3 Å². The summed E-state index contributed by atoms with van der Waals surface area (Å²) in [5.74, 6) is 0.518. The highest BCUT2D eigenvalue weighted by molar-refractivity contribution is 5.29. The lowest BCUT2D eigenvalue weighted by atomic mass is 9.92. The highest BCUT2D eigenvalue weighted by atomic mass is 16.5. The summed E-state index contributed by atoms with van der Waals surface area (Å²) in [5, 5.41) is 3.44. The Morgan fingerprint density at radius 3 is 2.90 bits per heavy atom. The van der Waals surface area contributed by atoms with Gasteiger partial charge in [-0.3, -0.25) is 0 Å². The van der Waals surface area contributed by atoms with Gasteiger partial charge in [-0.2, -0.15) is 0 Å². The highest BCUT2D eigenvalue weighted by Crippen LogP contribution is 2.35. The third-order valence-corrected chi connectivity index (χ3v) is 3.77. The Labute approximate surface area is 121 Å². The summed E-state index contributed by atoms with van der Waals surface area (Å²) >= 11 is 0. The molecule has 2 unspecified atom stereocenters. The van der Waals surface area contributed by atoms with Crippen molar-refractivity contribution in [2.75, 3.05) is 40.5 Å². The van der Waals surface area contributed by atoms with Crippen LogP contribution in [0.1, 0.15) is 23.7 Å². The number of nitrogens with one attached hydrogen (secondary N) is 1. The molecule has 1 aliphatic heterocycles. The molecule has 4 heteroatoms. The zero-order valence-electron chi connectivity index (χ0n) is 12.4. The van der Waals surface area contributed by atoms with Crippen molar-refractivity contribution in [3.05, 3.63) is 35.4 Å². The molecular formula is C16H25NO3. The van der Waals surface area contributed by atoms with E-state index in [4.69, 9.17) is 14.2 Å². The van der Waals surface area contributed by atoms with E-state index in [0.717, 1.165) is 32.7 Å². The molecule has 1 aliphatic rings. The molecule has 2 atom stereocenters. The van der Waals surface area contributed by atoms with Crippen molar-refractivity contribution in [1.29, 1.82) is 0 Å². The van der Waals surface area contributed by atoms with Crippen molar-refractivity contribution in [2.24, 2.45) is 5.92 Å². The van der Waals surface area contributed by atoms with Crippen LogP contribution < -0.4 is 5.32 Å². The molecule has 112 valence electrons. The summed E-state index contributed by atoms with van der Waals surface area (Å²) in [5.41, 5.74) is 2.49. The van der Waals surface area contributed by atoms with E-state index in [1.54, 1.807) is 14.2 Å². The maximum atomic E-state index is 5.97. The van der Waals surface area contributed by atoms with Crippen LogP contribution in [0, 0.1) is 5.92 Å². The van der Waals surface area contributed by atoms with Gasteiger partial charge in [0, 0.05) is 39.8 Å². The van der Waals surface area contributed by atoms with Gasteiger partial charge in [0.15, 0.2) is 0 Å². The van der Waals surface area contributed by atoms with Gasteiger partial charge in [0.25, 0.3) is 0 Å². The molecule has 0 spiro atoms. The van der Waals surface area contributed by atoms with Crippen molar-refractivity contribution in [2.45, 2.75) is 19.1 Å². The van der Waals surface area contributed by atoms with Crippen LogP contribution in [-0.2, 0) is 20.8 Å². The number of benzene rings is 1. The van der Waals surface area contributed by atoms with Crippen LogP contribution in [0.4, 0.5) is 0 Å². The molecule has 0 aliphatic carbocycles. The van der Waals surface area contributed by atoms with Crippen molar-refractivity contribution >= 4 is 0 Å². The van der Waals surface area contributed by atoms with Gasteiger partial charge in [-0.05, 0) is 17.5 Å². The van der Waals surface area contributed by atoms with Gasteiger partial charge in [-0.15, -0.1) is 0 Å². The topological polar surface area (TPSA) is 39.7 Å². The molecule has 1 aromatic rings. The number of hydrogen-bond donors (Lipinski definition) is 1. The average molecular weight is 279 g/mol. The van der Waals surface area contributed by atoms with Crippen LogP contribution >= 0.6 is 0 Å². The Bertz CT molecular complexity index is 397. The Kier molecular flexibility index (Phi) is 6.47. The molecule has 1 heterocycles. The number of rotatable bonds is 8. The van der Waals surface area contributed by atoms with Gasteiger partial charge < -0.3 is 19.5 Å². The minimum absolute atomic E-state index is 0.177. The van der Waals surface area contributed by atoms with Crippen LogP contribution in [0.3, 0.4) is 0 Å². The average Bonchev–Trinajstić information content (AvgIpc) is 2.93. The first-order valence-electron chi connectivity index (χ1n) is 7.24. The van der Waals surface area contributed by atoms with Crippen molar-refractivity contribution in [3.8, 4) is 0 Å². The fourth-order valence-electron chi connectivity index (χ4n) is 2.75. The van der Waals surface area contributed by atoms with E-state index in [0.29, 0.717) is 12.5 Å². The van der Waals surface area contributed by atoms with Crippen molar-refractivity contribution < 1.29 is 14.2 Å². The molecule has 0 saturated carbocycles. The largest absolute Gasteiger partial charge is 0.383 e. The summed E-state index contributed by atoms with van der Waals surface area (Å²) in [4.78, 5) is 0. The van der Waals surface area contributed by atoms with Crippen LogP contribution in [0.2, 0.25) is 0 Å². The highest BCUT2D eigenvalue weighted by Gasteiger charge is 2.30. The first kappa shape index (κ1) is 15.4. The first-order chi connectivity index (χ1) is 9.86. The molecule has 0 radical (unpaired) electrons. The second-order valence-electron chi connectivity index (χ2n) is 5.17. The molecule has 1 N–H and O–H groups in total. The van der Waals surface area contributed by atoms with Gasteiger partial charge in [-0.25, -0.2) is 0 Å². The van der Waals surface area contributed by atoms with E-state index >= 15 is 0 Å². The van der Waals surface area contributed by atoms with Gasteiger partial charge in [0.05, 0.1) is 19.3 Å². The van der Waals surface area contributed by atoms with E-state index in [1.165, 1.54) is 11.1 Å². The fraction of sp³-hybridized carbons (Fsp3) is 0.625. The SMILES string of the molecule is COCCNCC1CCOC1c1ccccc1COC. The smallest absolute Gasteiger partial charge is 0.0869 e. The predicted octanol–water partition coefficient (Wildman–Crippen LogP) is 2.15.